The third-order valence-corrected chi connectivity index (χ3v) is 1.56. The van der Waals surface area contributed by atoms with Crippen LogP contribution in [0.5, 0.6) is 0 Å². The van der Waals surface area contributed by atoms with Crippen LogP contribution in [-0.2, 0) is 0 Å². The Labute approximate surface area is 58.3 Å². The van der Waals surface area contributed by atoms with Crippen LogP contribution in [0.1, 0.15) is 5.56 Å². The zero-order valence-corrected chi connectivity index (χ0v) is 5.90. The molecule has 1 rings (SSSR count). The number of hydrogen-bond acceptors (Lipinski definition) is 2. The third-order valence-electron chi connectivity index (χ3n) is 1.10. The third kappa shape index (κ3) is 1.36. The minimum atomic E-state index is -0.106. The normalized spacial score (nSPS) is 9.56. The van der Waals surface area contributed by atoms with E-state index in [9.17, 15) is 4.79 Å². The Bertz CT molecular complexity index is 266. The Morgan fingerprint density at radius 1 is 1.56 bits per heavy atom. The molecule has 0 aliphatic carbocycles. The van der Waals surface area contributed by atoms with Crippen LogP contribution in [0.15, 0.2) is 22.0 Å². The lowest BCUT2D eigenvalue weighted by atomic mass is 10.3. The van der Waals surface area contributed by atoms with Crippen LogP contribution in [0.25, 0.3) is 0 Å². The Balaban J connectivity index is 3.34. The largest absolute Gasteiger partial charge is 0.317 e. The summed E-state index contributed by atoms with van der Waals surface area (Å²) in [6, 6.07) is 3.22. The topological polar surface area (TPSA) is 32.9 Å². The zero-order chi connectivity index (χ0) is 6.85. The first-order valence-corrected chi connectivity index (χ1v) is 3.04. The smallest absolute Gasteiger partial charge is 0.248 e. The van der Waals surface area contributed by atoms with Gasteiger partial charge in [0.2, 0.25) is 5.56 Å². The van der Waals surface area contributed by atoms with E-state index in [1.807, 2.05) is 6.92 Å². The van der Waals surface area contributed by atoms with Crippen molar-refractivity contribution < 1.29 is 0 Å². The molecule has 0 amide bonds. The molecule has 2 nitrogen and oxygen atoms in total. The molecule has 0 aromatic carbocycles. The molecule has 1 N–H and O–H groups in total. The molecule has 0 unspecified atom stereocenters. The number of thiol groups is 1. The summed E-state index contributed by atoms with van der Waals surface area (Å²) in [4.78, 5) is 13.1. The predicted octanol–water partition coefficient (Wildman–Crippen LogP) is 0.972. The molecule has 0 spiro atoms. The molecule has 0 saturated heterocycles. The lowest BCUT2D eigenvalue weighted by Gasteiger charge is -1.93. The maximum absolute atomic E-state index is 10.5. The van der Waals surface area contributed by atoms with Gasteiger partial charge in [-0.25, -0.2) is 0 Å². The van der Waals surface area contributed by atoms with Crippen LogP contribution in [0.3, 0.4) is 0 Å². The van der Waals surface area contributed by atoms with Gasteiger partial charge in [-0.05, 0) is 12.5 Å². The van der Waals surface area contributed by atoms with Crippen molar-refractivity contribution in [2.75, 3.05) is 0 Å². The molecule has 0 aliphatic heterocycles. The average molecular weight is 141 g/mol. The fraction of sp³-hybridized carbons (Fsp3) is 0.167. The summed E-state index contributed by atoms with van der Waals surface area (Å²) in [7, 11) is 0. The summed E-state index contributed by atoms with van der Waals surface area (Å²) in [6.07, 6.45) is 0. The van der Waals surface area contributed by atoms with E-state index in [0.29, 0.717) is 5.03 Å². The molecule has 0 bridgehead atoms. The van der Waals surface area contributed by atoms with Gasteiger partial charge in [-0.15, -0.1) is 12.6 Å². The number of H-pyrrole nitrogens is 1. The number of rotatable bonds is 0. The summed E-state index contributed by atoms with van der Waals surface area (Å²) >= 11 is 4.01. The van der Waals surface area contributed by atoms with Crippen LogP contribution in [0, 0.1) is 6.92 Å². The molecule has 0 fully saturated rings. The molecule has 1 aromatic heterocycles. The molecule has 9 heavy (non-hydrogen) atoms. The van der Waals surface area contributed by atoms with E-state index in [1.54, 1.807) is 6.07 Å². The highest BCUT2D eigenvalue weighted by Gasteiger charge is 1.89. The summed E-state index contributed by atoms with van der Waals surface area (Å²) in [5.74, 6) is 0. The van der Waals surface area contributed by atoms with Crippen molar-refractivity contribution in [3.05, 3.63) is 28.0 Å². The molecule has 0 saturated carbocycles. The quantitative estimate of drug-likeness (QED) is 0.518. The van der Waals surface area contributed by atoms with Gasteiger partial charge in [0.05, 0.1) is 5.03 Å². The van der Waals surface area contributed by atoms with Crippen molar-refractivity contribution in [2.24, 2.45) is 0 Å². The highest BCUT2D eigenvalue weighted by atomic mass is 32.1. The van der Waals surface area contributed by atoms with Gasteiger partial charge < -0.3 is 4.98 Å². The van der Waals surface area contributed by atoms with Gasteiger partial charge in [0.1, 0.15) is 0 Å². The van der Waals surface area contributed by atoms with Gasteiger partial charge in [0.15, 0.2) is 0 Å². The van der Waals surface area contributed by atoms with Crippen molar-refractivity contribution >= 4 is 12.6 Å². The molecule has 1 heterocycles. The zero-order valence-electron chi connectivity index (χ0n) is 5.01. The number of hydrogen-bond donors (Lipinski definition) is 2. The number of aromatic amines is 1. The van der Waals surface area contributed by atoms with Crippen LogP contribution >= 0.6 is 12.6 Å². The summed E-state index contributed by atoms with van der Waals surface area (Å²) in [5.41, 5.74) is 0.878. The highest BCUT2D eigenvalue weighted by molar-refractivity contribution is 7.80. The van der Waals surface area contributed by atoms with Gasteiger partial charge in [-0.3, -0.25) is 4.79 Å². The minimum absolute atomic E-state index is 0.106. The van der Waals surface area contributed by atoms with Crippen molar-refractivity contribution in [3.63, 3.8) is 0 Å². The Kier molecular flexibility index (Phi) is 1.62. The standard InChI is InChI=1S/C6H7NOS/c1-4-2-3-5(8)7-6(4)9/h2-3H,1H3,(H2,7,8,9). The van der Waals surface area contributed by atoms with Crippen LogP contribution in [-0.4, -0.2) is 4.98 Å². The second kappa shape index (κ2) is 2.27. The van der Waals surface area contributed by atoms with Crippen molar-refractivity contribution in [3.8, 4) is 0 Å². The van der Waals surface area contributed by atoms with Gasteiger partial charge in [0, 0.05) is 6.07 Å². The molecule has 48 valence electrons. The van der Waals surface area contributed by atoms with Crippen LogP contribution < -0.4 is 5.56 Å². The maximum Gasteiger partial charge on any atom is 0.248 e. The Morgan fingerprint density at radius 3 is 2.67 bits per heavy atom. The number of aromatic nitrogens is 1. The average Bonchev–Trinajstić information content (AvgIpc) is 1.80. The molecular formula is C6H7NOS. The Morgan fingerprint density at radius 2 is 2.22 bits per heavy atom. The lowest BCUT2D eigenvalue weighted by molar-refractivity contribution is 1.04. The van der Waals surface area contributed by atoms with Gasteiger partial charge >= 0.3 is 0 Å². The first kappa shape index (κ1) is 6.42. The van der Waals surface area contributed by atoms with Crippen LogP contribution in [0.4, 0.5) is 0 Å². The monoisotopic (exact) mass is 141 g/mol. The SMILES string of the molecule is Cc1ccc(=O)[nH]c1S. The fourth-order valence-corrected chi connectivity index (χ4v) is 0.721. The summed E-state index contributed by atoms with van der Waals surface area (Å²) in [6.45, 7) is 1.89. The summed E-state index contributed by atoms with van der Waals surface area (Å²) in [5, 5.41) is 0.641. The minimum Gasteiger partial charge on any atom is -0.317 e. The fourth-order valence-electron chi connectivity index (χ4n) is 0.537. The van der Waals surface area contributed by atoms with Crippen molar-refractivity contribution in [1.82, 2.24) is 4.98 Å². The van der Waals surface area contributed by atoms with E-state index in [4.69, 9.17) is 0 Å². The Hall–Kier alpha value is -0.700. The second-order valence-corrected chi connectivity index (χ2v) is 2.30. The van der Waals surface area contributed by atoms with Crippen LogP contribution in [0.2, 0.25) is 0 Å². The van der Waals surface area contributed by atoms with Gasteiger partial charge in [-0.1, -0.05) is 6.07 Å². The molecule has 0 atom stereocenters. The molecule has 0 aliphatic rings. The summed E-state index contributed by atoms with van der Waals surface area (Å²) < 4.78 is 0. The van der Waals surface area contributed by atoms with Crippen molar-refractivity contribution in [2.45, 2.75) is 11.9 Å². The van der Waals surface area contributed by atoms with E-state index < -0.39 is 0 Å². The number of pyridine rings is 1. The van der Waals surface area contributed by atoms with Gasteiger partial charge in [0.25, 0.3) is 0 Å². The maximum atomic E-state index is 10.5. The first-order chi connectivity index (χ1) is 4.20. The number of nitrogens with one attached hydrogen (secondary N) is 1. The van der Waals surface area contributed by atoms with Crippen molar-refractivity contribution in [1.29, 1.82) is 0 Å². The van der Waals surface area contributed by atoms with E-state index in [-0.39, 0.29) is 5.56 Å². The van der Waals surface area contributed by atoms with E-state index >= 15 is 0 Å². The second-order valence-electron chi connectivity index (χ2n) is 1.85. The van der Waals surface area contributed by atoms with Gasteiger partial charge in [-0.2, -0.15) is 0 Å². The first-order valence-electron chi connectivity index (χ1n) is 2.59. The predicted molar refractivity (Wildman–Crippen MR) is 39.1 cm³/mol. The molecule has 3 heteroatoms. The van der Waals surface area contributed by atoms with E-state index in [2.05, 4.69) is 17.6 Å². The lowest BCUT2D eigenvalue weighted by Crippen LogP contribution is -2.03. The molecule has 0 radical (unpaired) electrons. The molecule has 1 aromatic rings. The molecular weight excluding hydrogens is 134 g/mol. The highest BCUT2D eigenvalue weighted by Crippen LogP contribution is 2.03. The van der Waals surface area contributed by atoms with E-state index in [0.717, 1.165) is 5.56 Å². The number of aryl methyl sites for hydroxylation is 1. The van der Waals surface area contributed by atoms with E-state index in [1.165, 1.54) is 6.07 Å².